The molecule has 0 aliphatic heterocycles. The molecule has 0 saturated heterocycles. The van der Waals surface area contributed by atoms with Gasteiger partial charge in [0.05, 0.1) is 25.7 Å². The predicted octanol–water partition coefficient (Wildman–Crippen LogP) is 2.08. The van der Waals surface area contributed by atoms with Crippen LogP contribution in [0.5, 0.6) is 0 Å². The molecule has 1 aromatic heterocycles. The van der Waals surface area contributed by atoms with Crippen LogP contribution in [0, 0.1) is 18.3 Å². The number of rotatable bonds is 6. The molecular weight excluding hydrogens is 280 g/mol. The van der Waals surface area contributed by atoms with Gasteiger partial charge in [-0.15, -0.1) is 11.3 Å². The molecule has 0 bridgehead atoms. The lowest BCUT2D eigenvalue weighted by Crippen LogP contribution is -2.09. The van der Waals surface area contributed by atoms with Gasteiger partial charge in [-0.2, -0.15) is 5.26 Å². The molecule has 0 aliphatic carbocycles. The van der Waals surface area contributed by atoms with Gasteiger partial charge in [0.1, 0.15) is 15.9 Å². The summed E-state index contributed by atoms with van der Waals surface area (Å²) in [5.74, 6) is -0.776. The predicted molar refractivity (Wildman–Crippen MR) is 74.9 cm³/mol. The van der Waals surface area contributed by atoms with E-state index in [4.69, 9.17) is 10.00 Å². The Labute approximate surface area is 121 Å². The van der Waals surface area contributed by atoms with Gasteiger partial charge < -0.3 is 14.8 Å². The molecule has 0 radical (unpaired) electrons. The van der Waals surface area contributed by atoms with Crippen LogP contribution in [-0.2, 0) is 14.3 Å². The number of methoxy groups -OCH3 is 1. The van der Waals surface area contributed by atoms with Crippen LogP contribution >= 0.6 is 11.3 Å². The normalized spacial score (nSPS) is 9.70. The third kappa shape index (κ3) is 3.71. The lowest BCUT2D eigenvalue weighted by molar-refractivity contribution is -0.140. The van der Waals surface area contributed by atoms with E-state index < -0.39 is 5.97 Å². The van der Waals surface area contributed by atoms with Crippen molar-refractivity contribution in [3.05, 3.63) is 16.0 Å². The average molecular weight is 296 g/mol. The fraction of sp³-hybridized carbons (Fsp3) is 0.462. The van der Waals surface area contributed by atoms with Gasteiger partial charge in [-0.25, -0.2) is 4.79 Å². The van der Waals surface area contributed by atoms with Crippen LogP contribution < -0.4 is 5.32 Å². The Bertz CT molecular complexity index is 545. The van der Waals surface area contributed by atoms with E-state index in [-0.39, 0.29) is 19.0 Å². The summed E-state index contributed by atoms with van der Waals surface area (Å²) >= 11 is 1.16. The van der Waals surface area contributed by atoms with Crippen LogP contribution in [-0.4, -0.2) is 32.2 Å². The molecule has 1 N–H and O–H groups in total. The van der Waals surface area contributed by atoms with E-state index in [9.17, 15) is 9.59 Å². The summed E-state index contributed by atoms with van der Waals surface area (Å²) in [6.07, 6.45) is 0.188. The monoisotopic (exact) mass is 296 g/mol. The number of nitriles is 1. The van der Waals surface area contributed by atoms with E-state index in [1.807, 2.05) is 0 Å². The maximum Gasteiger partial charge on any atom is 0.348 e. The summed E-state index contributed by atoms with van der Waals surface area (Å²) < 4.78 is 9.47. The number of hydrogen-bond donors (Lipinski definition) is 1. The summed E-state index contributed by atoms with van der Waals surface area (Å²) in [5, 5.41) is 12.7. The first-order valence-electron chi connectivity index (χ1n) is 6.06. The van der Waals surface area contributed by atoms with Gasteiger partial charge in [0.25, 0.3) is 0 Å². The molecule has 0 aliphatic rings. The highest BCUT2D eigenvalue weighted by Gasteiger charge is 2.20. The number of thiophene rings is 1. The van der Waals surface area contributed by atoms with Crippen LogP contribution in [0.2, 0.25) is 0 Å². The zero-order chi connectivity index (χ0) is 15.1. The minimum absolute atomic E-state index is 0.188. The molecule has 1 rings (SSSR count). The topological polar surface area (TPSA) is 88.4 Å². The highest BCUT2D eigenvalue weighted by atomic mass is 32.1. The summed E-state index contributed by atoms with van der Waals surface area (Å²) in [5.41, 5.74) is 0.999. The Hall–Kier alpha value is -2.07. The van der Waals surface area contributed by atoms with Crippen molar-refractivity contribution in [2.45, 2.75) is 20.3 Å². The first-order valence-corrected chi connectivity index (χ1v) is 6.88. The van der Waals surface area contributed by atoms with Gasteiger partial charge in [0.2, 0.25) is 0 Å². The lowest BCUT2D eigenvalue weighted by Gasteiger charge is -2.02. The molecule has 1 heterocycles. The molecule has 0 aromatic carbocycles. The van der Waals surface area contributed by atoms with Crippen molar-refractivity contribution in [2.24, 2.45) is 0 Å². The highest BCUT2D eigenvalue weighted by molar-refractivity contribution is 7.18. The fourth-order valence-corrected chi connectivity index (χ4v) is 2.62. The second kappa shape index (κ2) is 7.50. The molecule has 0 spiro atoms. The van der Waals surface area contributed by atoms with Gasteiger partial charge in [-0.3, -0.25) is 4.79 Å². The van der Waals surface area contributed by atoms with Gasteiger partial charge >= 0.3 is 11.9 Å². The van der Waals surface area contributed by atoms with Crippen LogP contribution in [0.4, 0.5) is 5.00 Å². The van der Waals surface area contributed by atoms with Gasteiger partial charge in [-0.1, -0.05) is 0 Å². The van der Waals surface area contributed by atoms with Crippen molar-refractivity contribution in [3.63, 3.8) is 0 Å². The van der Waals surface area contributed by atoms with E-state index >= 15 is 0 Å². The first-order chi connectivity index (χ1) is 9.54. The molecule has 0 atom stereocenters. The van der Waals surface area contributed by atoms with Crippen molar-refractivity contribution >= 4 is 28.3 Å². The highest BCUT2D eigenvalue weighted by Crippen LogP contribution is 2.32. The molecular formula is C13H16N2O4S. The van der Waals surface area contributed by atoms with Crippen molar-refractivity contribution in [2.75, 3.05) is 25.6 Å². The molecule has 20 heavy (non-hydrogen) atoms. The maximum absolute atomic E-state index is 11.8. The van der Waals surface area contributed by atoms with Crippen molar-refractivity contribution in [1.82, 2.24) is 0 Å². The van der Waals surface area contributed by atoms with Crippen molar-refractivity contribution in [1.29, 1.82) is 5.26 Å². The Balaban J connectivity index is 2.86. The van der Waals surface area contributed by atoms with E-state index in [0.29, 0.717) is 27.5 Å². The third-order valence-corrected chi connectivity index (χ3v) is 3.79. The smallest absolute Gasteiger partial charge is 0.348 e. The summed E-state index contributed by atoms with van der Waals surface area (Å²) in [4.78, 5) is 23.2. The van der Waals surface area contributed by atoms with E-state index in [1.54, 1.807) is 13.8 Å². The summed E-state index contributed by atoms with van der Waals surface area (Å²) in [7, 11) is 1.32. The van der Waals surface area contributed by atoms with Crippen LogP contribution in [0.15, 0.2) is 0 Å². The number of carbonyl (C=O) groups excluding carboxylic acids is 2. The third-order valence-electron chi connectivity index (χ3n) is 2.56. The Morgan fingerprint density at radius 2 is 2.15 bits per heavy atom. The maximum atomic E-state index is 11.8. The molecule has 0 saturated carbocycles. The molecule has 1 aromatic rings. The molecule has 0 amide bonds. The number of carbonyl (C=O) groups is 2. The first kappa shape index (κ1) is 16.0. The minimum Gasteiger partial charge on any atom is -0.469 e. The second-order valence-electron chi connectivity index (χ2n) is 3.85. The van der Waals surface area contributed by atoms with Gasteiger partial charge in [-0.05, 0) is 19.4 Å². The van der Waals surface area contributed by atoms with E-state index in [0.717, 1.165) is 11.3 Å². The van der Waals surface area contributed by atoms with Crippen molar-refractivity contribution < 1.29 is 19.1 Å². The van der Waals surface area contributed by atoms with Crippen LogP contribution in [0.25, 0.3) is 0 Å². The SMILES string of the molecule is CCOC(=O)c1sc(NCCC(=O)OC)c(C#N)c1C. The lowest BCUT2D eigenvalue weighted by atomic mass is 10.2. The van der Waals surface area contributed by atoms with E-state index in [2.05, 4.69) is 16.1 Å². The Morgan fingerprint density at radius 3 is 2.70 bits per heavy atom. The number of anilines is 1. The number of nitrogens with zero attached hydrogens (tertiary/aromatic N) is 1. The zero-order valence-electron chi connectivity index (χ0n) is 11.6. The molecule has 0 unspecified atom stereocenters. The van der Waals surface area contributed by atoms with Gasteiger partial charge in [0, 0.05) is 6.54 Å². The zero-order valence-corrected chi connectivity index (χ0v) is 12.4. The molecule has 108 valence electrons. The Morgan fingerprint density at radius 1 is 1.45 bits per heavy atom. The number of esters is 2. The number of nitrogens with one attached hydrogen (secondary N) is 1. The molecule has 6 nitrogen and oxygen atoms in total. The summed E-state index contributed by atoms with van der Waals surface area (Å²) in [6, 6.07) is 2.06. The standard InChI is InChI=1S/C13H16N2O4S/c1-4-19-13(17)11-8(2)9(7-14)12(20-11)15-6-5-10(16)18-3/h15H,4-6H2,1-3H3. The van der Waals surface area contributed by atoms with Gasteiger partial charge in [0.15, 0.2) is 0 Å². The minimum atomic E-state index is -0.437. The number of hydrogen-bond acceptors (Lipinski definition) is 7. The second-order valence-corrected chi connectivity index (χ2v) is 4.87. The Kier molecular flexibility index (Phi) is 6.00. The van der Waals surface area contributed by atoms with Crippen molar-refractivity contribution in [3.8, 4) is 6.07 Å². The summed E-state index contributed by atoms with van der Waals surface area (Å²) in [6.45, 7) is 4.04. The molecule has 0 fully saturated rings. The number of ether oxygens (including phenoxy) is 2. The quantitative estimate of drug-likeness (QED) is 0.808. The van der Waals surface area contributed by atoms with Crippen LogP contribution in [0.1, 0.15) is 34.1 Å². The fourth-order valence-electron chi connectivity index (χ4n) is 1.54. The average Bonchev–Trinajstić information content (AvgIpc) is 2.75. The van der Waals surface area contributed by atoms with Crippen LogP contribution in [0.3, 0.4) is 0 Å². The molecule has 7 heteroatoms. The largest absolute Gasteiger partial charge is 0.469 e. The van der Waals surface area contributed by atoms with E-state index in [1.165, 1.54) is 7.11 Å².